The molecule has 1 fully saturated rings. The van der Waals surface area contributed by atoms with Crippen molar-refractivity contribution in [3.05, 3.63) is 69.9 Å². The summed E-state index contributed by atoms with van der Waals surface area (Å²) in [4.78, 5) is 20.0. The summed E-state index contributed by atoms with van der Waals surface area (Å²) < 4.78 is 1.91. The van der Waals surface area contributed by atoms with Gasteiger partial charge >= 0.3 is 0 Å². The van der Waals surface area contributed by atoms with E-state index in [1.54, 1.807) is 12.1 Å². The summed E-state index contributed by atoms with van der Waals surface area (Å²) in [7, 11) is 0. The summed E-state index contributed by atoms with van der Waals surface area (Å²) in [6, 6.07) is 11.2. The number of nitrogens with zero attached hydrogens (tertiary/aromatic N) is 3. The van der Waals surface area contributed by atoms with E-state index < -0.39 is 5.60 Å². The highest BCUT2D eigenvalue weighted by Gasteiger charge is 2.36. The van der Waals surface area contributed by atoms with Crippen LogP contribution in [0, 0.1) is 6.92 Å². The standard InChI is InChI=1S/C20H20ClN3O2S/c1-14-17(27-19(22-14)24-10-2-3-11-24)18(25)23-12-8-20(26,9-13-23)15-4-6-16(21)7-5-15/h2-7,10-11,26H,8-9,12-13H2,1H3. The Morgan fingerprint density at radius 2 is 1.81 bits per heavy atom. The zero-order chi connectivity index (χ0) is 19.0. The van der Waals surface area contributed by atoms with Crippen LogP contribution in [0.5, 0.6) is 0 Å². The largest absolute Gasteiger partial charge is 0.385 e. The molecule has 27 heavy (non-hydrogen) atoms. The maximum absolute atomic E-state index is 13.0. The van der Waals surface area contributed by atoms with Crippen molar-refractivity contribution in [1.82, 2.24) is 14.5 Å². The second-order valence-electron chi connectivity index (χ2n) is 6.83. The molecule has 2 aromatic heterocycles. The van der Waals surface area contributed by atoms with Crippen molar-refractivity contribution in [1.29, 1.82) is 0 Å². The van der Waals surface area contributed by atoms with Crippen LogP contribution in [0.25, 0.3) is 5.13 Å². The van der Waals surface area contributed by atoms with Gasteiger partial charge in [-0.3, -0.25) is 4.79 Å². The molecular formula is C20H20ClN3O2S. The van der Waals surface area contributed by atoms with Crippen LogP contribution in [0.2, 0.25) is 5.02 Å². The number of rotatable bonds is 3. The lowest BCUT2D eigenvalue weighted by Gasteiger charge is -2.38. The van der Waals surface area contributed by atoms with E-state index in [2.05, 4.69) is 4.98 Å². The minimum absolute atomic E-state index is 0.0124. The Labute approximate surface area is 166 Å². The SMILES string of the molecule is Cc1nc(-n2cccc2)sc1C(=O)N1CCC(O)(c2ccc(Cl)cc2)CC1. The predicted molar refractivity (Wildman–Crippen MR) is 107 cm³/mol. The zero-order valence-corrected chi connectivity index (χ0v) is 16.5. The second-order valence-corrected chi connectivity index (χ2v) is 8.25. The van der Waals surface area contributed by atoms with Crippen LogP contribution >= 0.6 is 22.9 Å². The highest BCUT2D eigenvalue weighted by atomic mass is 35.5. The molecule has 0 atom stereocenters. The Balaban J connectivity index is 1.48. The molecule has 1 N–H and O–H groups in total. The predicted octanol–water partition coefficient (Wildman–Crippen LogP) is 4.02. The number of aryl methyl sites for hydroxylation is 1. The first-order valence-electron chi connectivity index (χ1n) is 8.85. The van der Waals surface area contributed by atoms with Crippen molar-refractivity contribution in [2.45, 2.75) is 25.4 Å². The van der Waals surface area contributed by atoms with Gasteiger partial charge in [-0.15, -0.1) is 0 Å². The van der Waals surface area contributed by atoms with E-state index in [4.69, 9.17) is 11.6 Å². The lowest BCUT2D eigenvalue weighted by atomic mass is 9.84. The molecule has 1 aromatic carbocycles. The highest BCUT2D eigenvalue weighted by Crippen LogP contribution is 2.34. The third-order valence-electron chi connectivity index (χ3n) is 5.06. The molecule has 3 aromatic rings. The van der Waals surface area contributed by atoms with Crippen LogP contribution in [-0.2, 0) is 5.60 Å². The Bertz CT molecular complexity index is 942. The third-order valence-corrected chi connectivity index (χ3v) is 6.48. The number of piperidine rings is 1. The van der Waals surface area contributed by atoms with Crippen LogP contribution in [0.3, 0.4) is 0 Å². The van der Waals surface area contributed by atoms with Gasteiger partial charge in [-0.05, 0) is 49.6 Å². The maximum Gasteiger partial charge on any atom is 0.265 e. The van der Waals surface area contributed by atoms with Crippen molar-refractivity contribution in [2.75, 3.05) is 13.1 Å². The summed E-state index contributed by atoms with van der Waals surface area (Å²) in [6.07, 6.45) is 4.84. The van der Waals surface area contributed by atoms with Gasteiger partial charge in [0, 0.05) is 30.5 Å². The highest BCUT2D eigenvalue weighted by molar-refractivity contribution is 7.16. The van der Waals surface area contributed by atoms with Gasteiger partial charge in [-0.1, -0.05) is 35.1 Å². The summed E-state index contributed by atoms with van der Waals surface area (Å²) in [5, 5.41) is 12.4. The summed E-state index contributed by atoms with van der Waals surface area (Å²) in [6.45, 7) is 2.88. The zero-order valence-electron chi connectivity index (χ0n) is 14.9. The average Bonchev–Trinajstić information content (AvgIpc) is 3.32. The first kappa shape index (κ1) is 18.2. The maximum atomic E-state index is 13.0. The minimum Gasteiger partial charge on any atom is -0.385 e. The van der Waals surface area contributed by atoms with Crippen LogP contribution in [-0.4, -0.2) is 38.6 Å². The van der Waals surface area contributed by atoms with Gasteiger partial charge in [0.25, 0.3) is 5.91 Å². The van der Waals surface area contributed by atoms with E-state index in [9.17, 15) is 9.90 Å². The van der Waals surface area contributed by atoms with Crippen LogP contribution in [0.1, 0.15) is 33.8 Å². The number of amides is 1. The monoisotopic (exact) mass is 401 g/mol. The molecule has 1 aliphatic rings. The van der Waals surface area contributed by atoms with Crippen molar-refractivity contribution in [3.8, 4) is 5.13 Å². The Hall–Kier alpha value is -2.15. The Morgan fingerprint density at radius 1 is 1.19 bits per heavy atom. The number of benzene rings is 1. The number of aliphatic hydroxyl groups is 1. The van der Waals surface area contributed by atoms with Gasteiger partial charge in [0.1, 0.15) is 4.88 Å². The number of hydrogen-bond acceptors (Lipinski definition) is 4. The fourth-order valence-corrected chi connectivity index (χ4v) is 4.55. The number of halogens is 1. The molecule has 1 aliphatic heterocycles. The molecule has 0 aliphatic carbocycles. The molecule has 0 spiro atoms. The molecule has 0 unspecified atom stereocenters. The second kappa shape index (κ2) is 7.11. The number of hydrogen-bond donors (Lipinski definition) is 1. The molecular weight excluding hydrogens is 382 g/mol. The normalized spacial score (nSPS) is 16.5. The van der Waals surface area contributed by atoms with Gasteiger partial charge in [0.15, 0.2) is 5.13 Å². The lowest BCUT2D eigenvalue weighted by Crippen LogP contribution is -2.45. The fraction of sp³-hybridized carbons (Fsp3) is 0.300. The molecule has 4 rings (SSSR count). The molecule has 0 saturated carbocycles. The molecule has 0 radical (unpaired) electrons. The first-order valence-corrected chi connectivity index (χ1v) is 10.0. The molecule has 7 heteroatoms. The molecule has 140 valence electrons. The molecule has 0 bridgehead atoms. The van der Waals surface area contributed by atoms with E-state index in [1.807, 2.05) is 53.0 Å². The van der Waals surface area contributed by atoms with E-state index in [0.29, 0.717) is 35.8 Å². The lowest BCUT2D eigenvalue weighted by molar-refractivity contribution is -0.0210. The number of carbonyl (C=O) groups is 1. The van der Waals surface area contributed by atoms with Gasteiger partial charge in [-0.2, -0.15) is 0 Å². The minimum atomic E-state index is -0.916. The third kappa shape index (κ3) is 3.52. The van der Waals surface area contributed by atoms with Gasteiger partial charge in [0.2, 0.25) is 0 Å². The topological polar surface area (TPSA) is 58.4 Å². The molecule has 3 heterocycles. The van der Waals surface area contributed by atoms with Crippen molar-refractivity contribution in [2.24, 2.45) is 0 Å². The molecule has 5 nitrogen and oxygen atoms in total. The van der Waals surface area contributed by atoms with E-state index in [-0.39, 0.29) is 5.91 Å². The quantitative estimate of drug-likeness (QED) is 0.721. The van der Waals surface area contributed by atoms with Gasteiger partial charge < -0.3 is 14.6 Å². The van der Waals surface area contributed by atoms with Gasteiger partial charge in [-0.25, -0.2) is 4.98 Å². The number of aromatic nitrogens is 2. The summed E-state index contributed by atoms with van der Waals surface area (Å²) in [5.41, 5.74) is 0.676. The number of likely N-dealkylation sites (tertiary alicyclic amines) is 1. The van der Waals surface area contributed by atoms with E-state index in [1.165, 1.54) is 11.3 Å². The van der Waals surface area contributed by atoms with Crippen LogP contribution < -0.4 is 0 Å². The first-order chi connectivity index (χ1) is 13.0. The van der Waals surface area contributed by atoms with Crippen LogP contribution in [0.4, 0.5) is 0 Å². The van der Waals surface area contributed by atoms with Gasteiger partial charge in [0.05, 0.1) is 11.3 Å². The van der Waals surface area contributed by atoms with E-state index >= 15 is 0 Å². The Kier molecular flexibility index (Phi) is 4.80. The summed E-state index contributed by atoms with van der Waals surface area (Å²) >= 11 is 7.34. The average molecular weight is 402 g/mol. The fourth-order valence-electron chi connectivity index (χ4n) is 3.43. The summed E-state index contributed by atoms with van der Waals surface area (Å²) in [5.74, 6) is -0.0124. The number of thiazole rings is 1. The Morgan fingerprint density at radius 3 is 2.44 bits per heavy atom. The van der Waals surface area contributed by atoms with Crippen molar-refractivity contribution < 1.29 is 9.90 Å². The van der Waals surface area contributed by atoms with Crippen molar-refractivity contribution in [3.63, 3.8) is 0 Å². The molecule has 1 saturated heterocycles. The van der Waals surface area contributed by atoms with Crippen LogP contribution in [0.15, 0.2) is 48.8 Å². The smallest absolute Gasteiger partial charge is 0.265 e. The van der Waals surface area contributed by atoms with Crippen molar-refractivity contribution >= 4 is 28.8 Å². The number of carbonyl (C=O) groups excluding carboxylic acids is 1. The van der Waals surface area contributed by atoms with E-state index in [0.717, 1.165) is 16.4 Å². The molecule has 1 amide bonds.